The molecule has 2 fully saturated rings. The van der Waals surface area contributed by atoms with Crippen molar-refractivity contribution in [1.29, 1.82) is 0 Å². The molecule has 2 saturated heterocycles. The molecule has 0 aromatic heterocycles. The zero-order chi connectivity index (χ0) is 37.1. The lowest BCUT2D eigenvalue weighted by Crippen LogP contribution is -2.63. The number of thiol groups is 1. The Hall–Kier alpha value is -3.30. The summed E-state index contributed by atoms with van der Waals surface area (Å²) in [5, 5.41) is 14.4. The minimum absolute atomic E-state index is 0.0489. The van der Waals surface area contributed by atoms with Crippen LogP contribution in [0.1, 0.15) is 52.5 Å². The Morgan fingerprint density at radius 2 is 1.98 bits per heavy atom. The highest BCUT2D eigenvalue weighted by Crippen LogP contribution is 2.49. The highest BCUT2D eigenvalue weighted by molar-refractivity contribution is 7.80. The lowest BCUT2D eigenvalue weighted by molar-refractivity contribution is -0.161. The van der Waals surface area contributed by atoms with Crippen molar-refractivity contribution in [2.75, 3.05) is 39.0 Å². The number of carbonyl (C=O) groups is 4. The monoisotopic (exact) mass is 737 g/mol. The van der Waals surface area contributed by atoms with E-state index in [0.717, 1.165) is 11.1 Å². The molecule has 0 radical (unpaired) electrons. The first kappa shape index (κ1) is 39.5. The molecule has 276 valence electrons. The molecule has 8 atom stereocenters. The van der Waals surface area contributed by atoms with Crippen molar-refractivity contribution < 1.29 is 48.0 Å². The van der Waals surface area contributed by atoms with Gasteiger partial charge in [-0.15, -0.1) is 0 Å². The molecule has 4 rings (SSSR count). The predicted molar refractivity (Wildman–Crippen MR) is 189 cm³/mol. The quantitative estimate of drug-likeness (QED) is 0.214. The zero-order valence-electron chi connectivity index (χ0n) is 29.7. The number of hydrogen-bond donors (Lipinski definition) is 3. The average molecular weight is 738 g/mol. The van der Waals surface area contributed by atoms with Gasteiger partial charge in [0.05, 0.1) is 25.3 Å². The topological polar surface area (TPSA) is 156 Å². The molecule has 1 aromatic carbocycles. The number of rotatable bonds is 7. The van der Waals surface area contributed by atoms with Gasteiger partial charge in [0.15, 0.2) is 5.72 Å². The normalized spacial score (nSPS) is 32.3. The molecule has 4 bridgehead atoms. The van der Waals surface area contributed by atoms with Gasteiger partial charge in [-0.1, -0.05) is 42.3 Å². The van der Waals surface area contributed by atoms with Crippen LogP contribution in [0.4, 0.5) is 10.5 Å². The van der Waals surface area contributed by atoms with Crippen LogP contribution in [-0.4, -0.2) is 110 Å². The first-order valence-electron chi connectivity index (χ1n) is 16.4. The molecule has 50 heavy (non-hydrogen) atoms. The Kier molecular flexibility index (Phi) is 12.6. The number of nitrogens with one attached hydrogen (secondary N) is 1. The lowest BCUT2D eigenvalue weighted by atomic mass is 9.83. The molecule has 1 aromatic rings. The molecule has 3 aliphatic rings. The number of nitrogens with zero attached hydrogens (tertiary/aromatic N) is 2. The second-order valence-corrected chi connectivity index (χ2v) is 14.2. The van der Waals surface area contributed by atoms with Gasteiger partial charge in [0.25, 0.3) is 0 Å². The van der Waals surface area contributed by atoms with Gasteiger partial charge < -0.3 is 38.6 Å². The van der Waals surface area contributed by atoms with Crippen LogP contribution in [0.15, 0.2) is 35.9 Å². The van der Waals surface area contributed by atoms with Crippen LogP contribution < -0.4 is 15.0 Å². The number of esters is 1. The maximum absolute atomic E-state index is 14.0. The van der Waals surface area contributed by atoms with Gasteiger partial charge >= 0.3 is 12.1 Å². The summed E-state index contributed by atoms with van der Waals surface area (Å²) in [6.07, 6.45) is 1.08. The van der Waals surface area contributed by atoms with Crippen LogP contribution >= 0.6 is 24.2 Å². The van der Waals surface area contributed by atoms with Crippen molar-refractivity contribution in [1.82, 2.24) is 10.2 Å². The van der Waals surface area contributed by atoms with Crippen LogP contribution in [0, 0.1) is 5.92 Å². The maximum Gasteiger partial charge on any atom is 0.409 e. The Balaban J connectivity index is 1.78. The van der Waals surface area contributed by atoms with E-state index in [1.54, 1.807) is 45.2 Å². The van der Waals surface area contributed by atoms with Crippen molar-refractivity contribution in [3.8, 4) is 5.75 Å². The van der Waals surface area contributed by atoms with E-state index in [0.29, 0.717) is 23.6 Å². The second-order valence-electron chi connectivity index (χ2n) is 13.4. The zero-order valence-corrected chi connectivity index (χ0v) is 31.4. The standard InChI is InChI=1S/C35H48ClN3O10S/c1-19-10-9-11-26(46-8)35(44)18-25(47-33(43)37-35)20(2)31-34(4,49-31)27(48-32(42)21(3)38(5)28(40)12-13-50)17-29(41)39(6)23-15-22(14-19)16-24(45-7)30(23)36/h9-11,15-16,20-21,25-27,31,44,50H,12-14,17-18H2,1-8H3,(H,37,43)/b11-9+,19-10+/t20-,21+,25?,26-,27+,31?,34-,35+/m1/s1. The highest BCUT2D eigenvalue weighted by Gasteiger charge is 2.64. The molecule has 2 N–H and O–H groups in total. The van der Waals surface area contributed by atoms with Gasteiger partial charge in [-0.25, -0.2) is 9.59 Å². The minimum atomic E-state index is -1.82. The molecule has 0 spiro atoms. The second kappa shape index (κ2) is 15.9. The van der Waals surface area contributed by atoms with Crippen molar-refractivity contribution in [2.45, 2.75) is 95.2 Å². The van der Waals surface area contributed by atoms with Crippen LogP contribution in [-0.2, 0) is 39.8 Å². The third-order valence-electron chi connectivity index (χ3n) is 9.85. The summed E-state index contributed by atoms with van der Waals surface area (Å²) >= 11 is 10.8. The smallest absolute Gasteiger partial charge is 0.409 e. The number of ether oxygens (including phenoxy) is 5. The largest absolute Gasteiger partial charge is 0.495 e. The molecule has 3 amide bonds. The number of halogens is 1. The third-order valence-corrected chi connectivity index (χ3v) is 10.5. The van der Waals surface area contributed by atoms with E-state index in [2.05, 4.69) is 17.9 Å². The summed E-state index contributed by atoms with van der Waals surface area (Å²) in [4.78, 5) is 55.6. The number of hydrogen-bond acceptors (Lipinski definition) is 11. The molecule has 0 saturated carbocycles. The van der Waals surface area contributed by atoms with Crippen molar-refractivity contribution in [2.24, 2.45) is 5.92 Å². The lowest BCUT2D eigenvalue weighted by Gasteiger charge is -2.42. The summed E-state index contributed by atoms with van der Waals surface area (Å²) in [5.74, 6) is -1.30. The number of methoxy groups -OCH3 is 2. The number of alkyl carbamates (subject to hydrolysis) is 1. The number of fused-ring (bicyclic) bond motifs is 5. The number of carbonyl (C=O) groups excluding carboxylic acids is 4. The average Bonchev–Trinajstić information content (AvgIpc) is 3.76. The van der Waals surface area contributed by atoms with E-state index in [-0.39, 0.29) is 30.2 Å². The van der Waals surface area contributed by atoms with E-state index < -0.39 is 65.7 Å². The molecule has 3 heterocycles. The molecular weight excluding hydrogens is 690 g/mol. The predicted octanol–water partition coefficient (Wildman–Crippen LogP) is 3.83. The molecule has 2 unspecified atom stereocenters. The summed E-state index contributed by atoms with van der Waals surface area (Å²) < 4.78 is 29.0. The summed E-state index contributed by atoms with van der Waals surface area (Å²) in [6, 6.07) is 2.60. The van der Waals surface area contributed by atoms with Crippen molar-refractivity contribution in [3.05, 3.63) is 46.5 Å². The minimum Gasteiger partial charge on any atom is -0.495 e. The molecule has 3 aliphatic heterocycles. The highest BCUT2D eigenvalue weighted by atomic mass is 35.5. The SMILES string of the molecule is COc1cc2cc(c1Cl)N(C)C(=O)C[C@H](OC(=O)[C@H](C)N(C)C(=O)CCS)[C@@]1(C)OC1[C@H](C)C1C[C@@](O)(NC(=O)O1)[C@H](OC)/C=C/C=C(\C)C2. The number of allylic oxidation sites excluding steroid dienone is 3. The summed E-state index contributed by atoms with van der Waals surface area (Å²) in [5.41, 5.74) is -0.903. The van der Waals surface area contributed by atoms with Crippen LogP contribution in [0.2, 0.25) is 5.02 Å². The molecule has 0 aliphatic carbocycles. The van der Waals surface area contributed by atoms with Crippen molar-refractivity contribution >= 4 is 53.8 Å². The van der Waals surface area contributed by atoms with E-state index in [1.807, 2.05) is 13.0 Å². The summed E-state index contributed by atoms with van der Waals surface area (Å²) in [6.45, 7) is 6.96. The maximum atomic E-state index is 14.0. The number of aliphatic hydroxyl groups is 1. The van der Waals surface area contributed by atoms with E-state index in [1.165, 1.54) is 38.0 Å². The number of epoxide rings is 1. The fourth-order valence-electron chi connectivity index (χ4n) is 6.49. The van der Waals surface area contributed by atoms with Gasteiger partial charge in [0, 0.05) is 40.0 Å². The number of likely N-dealkylation sites (N-methyl/N-ethyl adjacent to an activating group) is 1. The van der Waals surface area contributed by atoms with E-state index in [4.69, 9.17) is 35.3 Å². The van der Waals surface area contributed by atoms with Gasteiger partial charge in [0.1, 0.15) is 40.7 Å². The first-order valence-corrected chi connectivity index (χ1v) is 17.5. The van der Waals surface area contributed by atoms with Crippen LogP contribution in [0.25, 0.3) is 0 Å². The van der Waals surface area contributed by atoms with Gasteiger partial charge in [-0.2, -0.15) is 12.6 Å². The molecule has 13 nitrogen and oxygen atoms in total. The van der Waals surface area contributed by atoms with Crippen molar-refractivity contribution in [3.63, 3.8) is 0 Å². The Morgan fingerprint density at radius 3 is 2.62 bits per heavy atom. The van der Waals surface area contributed by atoms with Crippen LogP contribution in [0.5, 0.6) is 5.75 Å². The van der Waals surface area contributed by atoms with Crippen LogP contribution in [0.3, 0.4) is 0 Å². The van der Waals surface area contributed by atoms with Gasteiger partial charge in [-0.3, -0.25) is 14.9 Å². The number of amides is 3. The Bertz CT molecular complexity index is 1540. The first-order chi connectivity index (χ1) is 23.5. The fourth-order valence-corrected chi connectivity index (χ4v) is 6.99. The summed E-state index contributed by atoms with van der Waals surface area (Å²) in [7, 11) is 5.98. The molecule has 15 heteroatoms. The number of anilines is 1. The van der Waals surface area contributed by atoms with E-state index in [9.17, 15) is 24.3 Å². The van der Waals surface area contributed by atoms with E-state index >= 15 is 0 Å². The Labute approximate surface area is 303 Å². The molecular formula is C35H48ClN3O10S. The fraction of sp³-hybridized carbons (Fsp3) is 0.600. The van der Waals surface area contributed by atoms with Gasteiger partial charge in [-0.05, 0) is 50.6 Å². The Morgan fingerprint density at radius 1 is 1.28 bits per heavy atom. The van der Waals surface area contributed by atoms with Gasteiger partial charge in [0.2, 0.25) is 11.8 Å². The number of benzene rings is 1. The third kappa shape index (κ3) is 8.42.